The summed E-state index contributed by atoms with van der Waals surface area (Å²) in [4.78, 5) is 0. The molecule has 1 unspecified atom stereocenters. The third-order valence-corrected chi connectivity index (χ3v) is 6.18. The molecule has 0 saturated heterocycles. The molecule has 0 spiro atoms. The van der Waals surface area contributed by atoms with E-state index in [1.54, 1.807) is 17.7 Å². The standard InChI is InChI=1S/C12H16ClN3O2S2/c1-4-16-7-10(8(2)14-16)9(3)15-20(17,18)12-6-5-11(13)19-12/h5-7,9,15H,4H2,1-3H3. The highest BCUT2D eigenvalue weighted by Gasteiger charge is 2.22. The van der Waals surface area contributed by atoms with Gasteiger partial charge in [0, 0.05) is 24.3 Å². The van der Waals surface area contributed by atoms with Gasteiger partial charge < -0.3 is 0 Å². The summed E-state index contributed by atoms with van der Waals surface area (Å²) in [6, 6.07) is 2.73. The topological polar surface area (TPSA) is 64.0 Å². The van der Waals surface area contributed by atoms with E-state index in [-0.39, 0.29) is 10.3 Å². The summed E-state index contributed by atoms with van der Waals surface area (Å²) < 4.78 is 29.6. The van der Waals surface area contributed by atoms with Gasteiger partial charge in [-0.25, -0.2) is 13.1 Å². The molecule has 8 heteroatoms. The highest BCUT2D eigenvalue weighted by molar-refractivity contribution is 7.91. The first-order valence-electron chi connectivity index (χ1n) is 6.15. The smallest absolute Gasteiger partial charge is 0.250 e. The summed E-state index contributed by atoms with van der Waals surface area (Å²) in [6.45, 7) is 6.41. The van der Waals surface area contributed by atoms with Crippen LogP contribution < -0.4 is 4.72 Å². The predicted molar refractivity (Wildman–Crippen MR) is 80.7 cm³/mol. The van der Waals surface area contributed by atoms with Gasteiger partial charge in [0.1, 0.15) is 4.21 Å². The first kappa shape index (κ1) is 15.5. The molecule has 0 aromatic carbocycles. The van der Waals surface area contributed by atoms with Gasteiger partial charge in [-0.3, -0.25) is 4.68 Å². The van der Waals surface area contributed by atoms with Crippen LogP contribution in [0.3, 0.4) is 0 Å². The van der Waals surface area contributed by atoms with Gasteiger partial charge >= 0.3 is 0 Å². The first-order valence-corrected chi connectivity index (χ1v) is 8.83. The van der Waals surface area contributed by atoms with Crippen LogP contribution in [0.4, 0.5) is 0 Å². The van der Waals surface area contributed by atoms with Crippen LogP contribution in [0.5, 0.6) is 0 Å². The van der Waals surface area contributed by atoms with Crippen LogP contribution in [0, 0.1) is 6.92 Å². The Morgan fingerprint density at radius 2 is 2.20 bits per heavy atom. The fraction of sp³-hybridized carbons (Fsp3) is 0.417. The summed E-state index contributed by atoms with van der Waals surface area (Å²) in [5.74, 6) is 0. The lowest BCUT2D eigenvalue weighted by Crippen LogP contribution is -2.26. The molecule has 0 bridgehead atoms. The summed E-state index contributed by atoms with van der Waals surface area (Å²) in [7, 11) is -3.55. The Hall–Kier alpha value is -0.890. The number of nitrogens with zero attached hydrogens (tertiary/aromatic N) is 2. The van der Waals surface area contributed by atoms with E-state index in [9.17, 15) is 8.42 Å². The molecule has 2 rings (SSSR count). The van der Waals surface area contributed by atoms with Crippen LogP contribution in [0.2, 0.25) is 4.34 Å². The minimum atomic E-state index is -3.55. The average Bonchev–Trinajstić information content (AvgIpc) is 2.95. The number of sulfonamides is 1. The van der Waals surface area contributed by atoms with E-state index in [1.807, 2.05) is 20.0 Å². The Morgan fingerprint density at radius 1 is 1.50 bits per heavy atom. The van der Waals surface area contributed by atoms with E-state index in [2.05, 4.69) is 9.82 Å². The Labute approximate surface area is 127 Å². The minimum Gasteiger partial charge on any atom is -0.272 e. The summed E-state index contributed by atoms with van der Waals surface area (Å²) in [5.41, 5.74) is 1.70. The molecule has 0 aliphatic carbocycles. The van der Waals surface area contributed by atoms with Crippen molar-refractivity contribution >= 4 is 33.0 Å². The van der Waals surface area contributed by atoms with E-state index in [0.717, 1.165) is 29.1 Å². The van der Waals surface area contributed by atoms with E-state index < -0.39 is 10.0 Å². The van der Waals surface area contributed by atoms with Crippen molar-refractivity contribution in [3.63, 3.8) is 0 Å². The van der Waals surface area contributed by atoms with Crippen LogP contribution in [-0.2, 0) is 16.6 Å². The molecule has 0 aliphatic heterocycles. The molecule has 5 nitrogen and oxygen atoms in total. The van der Waals surface area contributed by atoms with Crippen molar-refractivity contribution < 1.29 is 8.42 Å². The van der Waals surface area contributed by atoms with Crippen molar-refractivity contribution in [2.75, 3.05) is 0 Å². The Kier molecular flexibility index (Phi) is 4.53. The maximum Gasteiger partial charge on any atom is 0.250 e. The molecule has 2 heterocycles. The molecule has 0 fully saturated rings. The maximum atomic E-state index is 12.2. The van der Waals surface area contributed by atoms with Crippen molar-refractivity contribution in [3.05, 3.63) is 33.9 Å². The largest absolute Gasteiger partial charge is 0.272 e. The molecule has 0 aliphatic rings. The minimum absolute atomic E-state index is 0.217. The van der Waals surface area contributed by atoms with Gasteiger partial charge in [0.25, 0.3) is 10.0 Å². The molecule has 2 aromatic heterocycles. The third-order valence-electron chi connectivity index (χ3n) is 2.92. The van der Waals surface area contributed by atoms with Gasteiger partial charge in [0.15, 0.2) is 0 Å². The van der Waals surface area contributed by atoms with E-state index in [4.69, 9.17) is 11.6 Å². The molecule has 0 saturated carbocycles. The normalized spacial score (nSPS) is 13.6. The lowest BCUT2D eigenvalue weighted by atomic mass is 10.1. The molecule has 0 radical (unpaired) electrons. The van der Waals surface area contributed by atoms with Gasteiger partial charge in [-0.15, -0.1) is 11.3 Å². The van der Waals surface area contributed by atoms with Crippen LogP contribution in [0.1, 0.15) is 31.1 Å². The van der Waals surface area contributed by atoms with Gasteiger partial charge in [0.2, 0.25) is 0 Å². The summed E-state index contributed by atoms with van der Waals surface area (Å²) in [6.07, 6.45) is 1.87. The Morgan fingerprint density at radius 3 is 2.70 bits per heavy atom. The quantitative estimate of drug-likeness (QED) is 0.914. The van der Waals surface area contributed by atoms with Gasteiger partial charge in [-0.2, -0.15) is 5.10 Å². The van der Waals surface area contributed by atoms with Crippen molar-refractivity contribution in [2.24, 2.45) is 0 Å². The summed E-state index contributed by atoms with van der Waals surface area (Å²) >= 11 is 6.82. The molecule has 2 aromatic rings. The monoisotopic (exact) mass is 333 g/mol. The molecular weight excluding hydrogens is 318 g/mol. The Balaban J connectivity index is 2.22. The molecule has 1 atom stereocenters. The van der Waals surface area contributed by atoms with Gasteiger partial charge in [-0.05, 0) is 32.9 Å². The number of thiophene rings is 1. The highest BCUT2D eigenvalue weighted by atomic mass is 35.5. The summed E-state index contributed by atoms with van der Waals surface area (Å²) in [5, 5.41) is 4.32. The number of halogens is 1. The second-order valence-electron chi connectivity index (χ2n) is 4.43. The molecular formula is C12H16ClN3O2S2. The highest BCUT2D eigenvalue weighted by Crippen LogP contribution is 2.27. The zero-order valence-corrected chi connectivity index (χ0v) is 13.8. The van der Waals surface area contributed by atoms with E-state index >= 15 is 0 Å². The average molecular weight is 334 g/mol. The van der Waals surface area contributed by atoms with Gasteiger partial charge in [-0.1, -0.05) is 11.6 Å². The number of nitrogens with one attached hydrogen (secondary N) is 1. The van der Waals surface area contributed by atoms with Crippen molar-refractivity contribution in [2.45, 2.75) is 37.6 Å². The number of hydrogen-bond acceptors (Lipinski definition) is 4. The Bertz CT molecular complexity index is 706. The number of hydrogen-bond donors (Lipinski definition) is 1. The lowest BCUT2D eigenvalue weighted by molar-refractivity contribution is 0.568. The second-order valence-corrected chi connectivity index (χ2v) is 8.08. The fourth-order valence-corrected chi connectivity index (χ4v) is 4.64. The zero-order chi connectivity index (χ0) is 14.9. The fourth-order valence-electron chi connectivity index (χ4n) is 1.92. The molecule has 110 valence electrons. The second kappa shape index (κ2) is 5.85. The molecule has 1 N–H and O–H groups in total. The van der Waals surface area contributed by atoms with Crippen molar-refractivity contribution in [1.29, 1.82) is 0 Å². The van der Waals surface area contributed by atoms with Crippen molar-refractivity contribution in [1.82, 2.24) is 14.5 Å². The first-order chi connectivity index (χ1) is 9.33. The van der Waals surface area contributed by atoms with Crippen LogP contribution >= 0.6 is 22.9 Å². The third kappa shape index (κ3) is 3.22. The van der Waals surface area contributed by atoms with Gasteiger partial charge in [0.05, 0.1) is 10.0 Å². The number of rotatable bonds is 5. The SMILES string of the molecule is CCn1cc(C(C)NS(=O)(=O)c2ccc(Cl)s2)c(C)n1. The predicted octanol–water partition coefficient (Wildman–Crippen LogP) is 2.97. The van der Waals surface area contributed by atoms with Crippen LogP contribution in [-0.4, -0.2) is 18.2 Å². The molecule has 20 heavy (non-hydrogen) atoms. The maximum absolute atomic E-state index is 12.2. The zero-order valence-electron chi connectivity index (χ0n) is 11.4. The number of aromatic nitrogens is 2. The molecule has 0 amide bonds. The lowest BCUT2D eigenvalue weighted by Gasteiger charge is -2.12. The van der Waals surface area contributed by atoms with Crippen LogP contribution in [0.25, 0.3) is 0 Å². The van der Waals surface area contributed by atoms with E-state index in [1.165, 1.54) is 6.07 Å². The van der Waals surface area contributed by atoms with E-state index in [0.29, 0.717) is 4.34 Å². The van der Waals surface area contributed by atoms with Crippen molar-refractivity contribution in [3.8, 4) is 0 Å². The van der Waals surface area contributed by atoms with Crippen LogP contribution in [0.15, 0.2) is 22.5 Å². The number of aryl methyl sites for hydroxylation is 2.